The van der Waals surface area contributed by atoms with Gasteiger partial charge in [-0.15, -0.1) is 5.10 Å². The number of aromatic amines is 1. The molecule has 0 bridgehead atoms. The molecule has 1 fully saturated rings. The van der Waals surface area contributed by atoms with E-state index in [1.54, 1.807) is 6.20 Å². The van der Waals surface area contributed by atoms with Gasteiger partial charge in [0, 0.05) is 30.4 Å². The Bertz CT molecular complexity index is 1180. The quantitative estimate of drug-likeness (QED) is 0.533. The summed E-state index contributed by atoms with van der Waals surface area (Å²) in [5.74, 6) is 0.100. The lowest BCUT2D eigenvalue weighted by atomic mass is 10.1. The summed E-state index contributed by atoms with van der Waals surface area (Å²) in [5.41, 5.74) is 5.52. The molecule has 1 aliphatic carbocycles. The first kappa shape index (κ1) is 18.5. The van der Waals surface area contributed by atoms with E-state index in [4.69, 9.17) is 0 Å². The Labute approximate surface area is 173 Å². The molecule has 4 heterocycles. The van der Waals surface area contributed by atoms with E-state index < -0.39 is 0 Å². The van der Waals surface area contributed by atoms with Crippen molar-refractivity contribution < 1.29 is 4.79 Å². The van der Waals surface area contributed by atoms with Crippen molar-refractivity contribution in [2.24, 2.45) is 0 Å². The summed E-state index contributed by atoms with van der Waals surface area (Å²) in [4.78, 5) is 24.2. The second-order valence-electron chi connectivity index (χ2n) is 7.69. The van der Waals surface area contributed by atoms with E-state index in [9.17, 15) is 4.79 Å². The summed E-state index contributed by atoms with van der Waals surface area (Å²) in [6, 6.07) is 10.4. The molecule has 0 unspecified atom stereocenters. The minimum Gasteiger partial charge on any atom is -0.360 e. The smallest absolute Gasteiger partial charge is 0.219 e. The molecule has 4 aromatic rings. The van der Waals surface area contributed by atoms with Crippen molar-refractivity contribution in [3.05, 3.63) is 48.9 Å². The Balaban J connectivity index is 1.36. The number of nitrogens with one attached hydrogen (secondary N) is 2. The second-order valence-corrected chi connectivity index (χ2v) is 7.69. The first-order valence-electron chi connectivity index (χ1n) is 10.3. The van der Waals surface area contributed by atoms with Crippen molar-refractivity contribution in [3.8, 4) is 22.6 Å². The van der Waals surface area contributed by atoms with Gasteiger partial charge in [0.15, 0.2) is 0 Å². The third-order valence-corrected chi connectivity index (χ3v) is 5.74. The molecule has 0 aliphatic heterocycles. The van der Waals surface area contributed by atoms with Gasteiger partial charge >= 0.3 is 0 Å². The summed E-state index contributed by atoms with van der Waals surface area (Å²) < 4.78 is 1.95. The fourth-order valence-electron chi connectivity index (χ4n) is 4.13. The normalized spacial score (nSPS) is 18.7. The van der Waals surface area contributed by atoms with E-state index in [0.717, 1.165) is 52.9 Å². The number of pyridine rings is 2. The number of hydrogen-bond donors (Lipinski definition) is 2. The summed E-state index contributed by atoms with van der Waals surface area (Å²) in [5, 5.41) is 11.5. The Morgan fingerprint density at radius 1 is 1.17 bits per heavy atom. The maximum atomic E-state index is 11.7. The highest BCUT2D eigenvalue weighted by atomic mass is 16.1. The molecule has 8 heteroatoms. The lowest BCUT2D eigenvalue weighted by molar-refractivity contribution is -0.121. The van der Waals surface area contributed by atoms with Crippen molar-refractivity contribution in [1.29, 1.82) is 0 Å². The Hall–Kier alpha value is -3.55. The Kier molecular flexibility index (Phi) is 4.74. The number of nitrogens with zero attached hydrogens (tertiary/aromatic N) is 5. The van der Waals surface area contributed by atoms with Gasteiger partial charge in [-0.3, -0.25) is 9.78 Å². The summed E-state index contributed by atoms with van der Waals surface area (Å²) >= 11 is 0. The lowest BCUT2D eigenvalue weighted by Crippen LogP contribution is -2.32. The number of hydrogen-bond acceptors (Lipinski definition) is 5. The summed E-state index contributed by atoms with van der Waals surface area (Å²) in [7, 11) is 0. The van der Waals surface area contributed by atoms with Gasteiger partial charge in [-0.05, 0) is 49.6 Å². The number of amides is 1. The Morgan fingerprint density at radius 2 is 2.07 bits per heavy atom. The number of carbonyl (C=O) groups excluding carboxylic acids is 1. The SMILES string of the molecule is CCC(=O)N[C@H]1CC[C@@H](n2nncc2-c2ccc(-c3ccc4[nH]ccc4n3)cn2)C1. The molecule has 2 N–H and O–H groups in total. The zero-order chi connectivity index (χ0) is 20.5. The molecule has 1 saturated carbocycles. The number of aromatic nitrogens is 6. The van der Waals surface area contributed by atoms with Gasteiger partial charge in [0.25, 0.3) is 0 Å². The van der Waals surface area contributed by atoms with Crippen molar-refractivity contribution in [2.45, 2.75) is 44.7 Å². The van der Waals surface area contributed by atoms with Gasteiger partial charge in [-0.1, -0.05) is 12.1 Å². The molecule has 30 heavy (non-hydrogen) atoms. The van der Waals surface area contributed by atoms with Gasteiger partial charge in [0.05, 0.1) is 34.7 Å². The topological polar surface area (TPSA) is 101 Å². The van der Waals surface area contributed by atoms with Crippen LogP contribution in [0.3, 0.4) is 0 Å². The average Bonchev–Trinajstić information content (AvgIpc) is 3.53. The molecule has 4 aromatic heterocycles. The lowest BCUT2D eigenvalue weighted by Gasteiger charge is -2.15. The molecule has 1 aliphatic rings. The molecule has 0 aromatic carbocycles. The molecule has 0 spiro atoms. The predicted octanol–water partition coefficient (Wildman–Crippen LogP) is 3.50. The Morgan fingerprint density at radius 3 is 2.90 bits per heavy atom. The average molecular weight is 401 g/mol. The second kappa shape index (κ2) is 7.70. The van der Waals surface area contributed by atoms with Crippen LogP contribution in [0.15, 0.2) is 48.9 Å². The van der Waals surface area contributed by atoms with Crippen molar-refractivity contribution >= 4 is 16.9 Å². The fourth-order valence-corrected chi connectivity index (χ4v) is 4.13. The standard InChI is InChI=1S/C22H23N7O/c1-2-22(30)26-15-4-5-16(11-15)29-21(13-25-28-29)20-6-3-14(12-24-20)17-7-8-18-19(27-17)9-10-23-18/h3,6-10,12-13,15-16,23H,2,4-5,11H2,1H3,(H,26,30)/t15-,16+/m0/s1. The maximum Gasteiger partial charge on any atom is 0.219 e. The molecule has 5 rings (SSSR count). The first-order valence-corrected chi connectivity index (χ1v) is 10.3. The molecular weight excluding hydrogens is 378 g/mol. The fraction of sp³-hybridized carbons (Fsp3) is 0.318. The highest BCUT2D eigenvalue weighted by Gasteiger charge is 2.29. The zero-order valence-electron chi connectivity index (χ0n) is 16.7. The van der Waals surface area contributed by atoms with Crippen LogP contribution in [0, 0.1) is 0 Å². The van der Waals surface area contributed by atoms with Crippen molar-refractivity contribution in [1.82, 2.24) is 35.3 Å². The monoisotopic (exact) mass is 401 g/mol. The van der Waals surface area contributed by atoms with Crippen LogP contribution >= 0.6 is 0 Å². The number of H-pyrrole nitrogens is 1. The maximum absolute atomic E-state index is 11.7. The van der Waals surface area contributed by atoms with Gasteiger partial charge in [-0.25, -0.2) is 9.67 Å². The van der Waals surface area contributed by atoms with Crippen LogP contribution in [0.1, 0.15) is 38.6 Å². The molecule has 0 radical (unpaired) electrons. The van der Waals surface area contributed by atoms with Crippen LogP contribution in [0.5, 0.6) is 0 Å². The largest absolute Gasteiger partial charge is 0.360 e. The van der Waals surface area contributed by atoms with Gasteiger partial charge < -0.3 is 10.3 Å². The predicted molar refractivity (Wildman–Crippen MR) is 113 cm³/mol. The summed E-state index contributed by atoms with van der Waals surface area (Å²) in [6.07, 6.45) is 8.77. The molecule has 2 atom stereocenters. The first-order chi connectivity index (χ1) is 14.7. The van der Waals surface area contributed by atoms with Crippen LogP contribution in [-0.4, -0.2) is 41.9 Å². The van der Waals surface area contributed by atoms with Crippen molar-refractivity contribution in [2.75, 3.05) is 0 Å². The molecule has 8 nitrogen and oxygen atoms in total. The van der Waals surface area contributed by atoms with E-state index in [1.807, 2.05) is 54.3 Å². The van der Waals surface area contributed by atoms with Gasteiger partial charge in [0.2, 0.25) is 5.91 Å². The van der Waals surface area contributed by atoms with E-state index in [0.29, 0.717) is 6.42 Å². The highest BCUT2D eigenvalue weighted by Crippen LogP contribution is 2.33. The van der Waals surface area contributed by atoms with E-state index in [1.165, 1.54) is 0 Å². The van der Waals surface area contributed by atoms with Gasteiger partial charge in [0.1, 0.15) is 5.69 Å². The van der Waals surface area contributed by atoms with E-state index in [2.05, 4.69) is 30.6 Å². The molecule has 0 saturated heterocycles. The zero-order valence-corrected chi connectivity index (χ0v) is 16.7. The minimum absolute atomic E-state index is 0.100. The molecule has 1 amide bonds. The van der Waals surface area contributed by atoms with Crippen LogP contribution in [0.2, 0.25) is 0 Å². The third-order valence-electron chi connectivity index (χ3n) is 5.74. The van der Waals surface area contributed by atoms with Crippen LogP contribution in [0.25, 0.3) is 33.7 Å². The number of rotatable bonds is 5. The van der Waals surface area contributed by atoms with Crippen molar-refractivity contribution in [3.63, 3.8) is 0 Å². The van der Waals surface area contributed by atoms with Crippen LogP contribution in [0.4, 0.5) is 0 Å². The van der Waals surface area contributed by atoms with E-state index in [-0.39, 0.29) is 18.0 Å². The molecule has 152 valence electrons. The third kappa shape index (κ3) is 3.45. The molecular formula is C22H23N7O. The summed E-state index contributed by atoms with van der Waals surface area (Å²) in [6.45, 7) is 1.87. The minimum atomic E-state index is 0.100. The number of fused-ring (bicyclic) bond motifs is 1. The van der Waals surface area contributed by atoms with Crippen LogP contribution < -0.4 is 5.32 Å². The number of carbonyl (C=O) groups is 1. The highest BCUT2D eigenvalue weighted by molar-refractivity contribution is 5.78. The van der Waals surface area contributed by atoms with E-state index >= 15 is 0 Å². The van der Waals surface area contributed by atoms with Crippen LogP contribution in [-0.2, 0) is 4.79 Å². The van der Waals surface area contributed by atoms with Gasteiger partial charge in [-0.2, -0.15) is 0 Å².